The molecule has 0 bridgehead atoms. The molecule has 1 atom stereocenters. The molecule has 20 heavy (non-hydrogen) atoms. The highest BCUT2D eigenvalue weighted by atomic mass is 16.5. The van der Waals surface area contributed by atoms with Crippen molar-refractivity contribution in [3.05, 3.63) is 17.7 Å². The third-order valence-corrected chi connectivity index (χ3v) is 3.08. The molecular formula is C15H26N2O3. The number of hydrogen-bond donors (Lipinski definition) is 2. The van der Waals surface area contributed by atoms with Crippen molar-refractivity contribution in [2.75, 3.05) is 34.4 Å². The van der Waals surface area contributed by atoms with Gasteiger partial charge in [0.05, 0.1) is 21.3 Å². The Kier molecular flexibility index (Phi) is 7.18. The summed E-state index contributed by atoms with van der Waals surface area (Å²) < 4.78 is 16.0. The second-order valence-corrected chi connectivity index (χ2v) is 4.62. The van der Waals surface area contributed by atoms with Crippen molar-refractivity contribution in [3.63, 3.8) is 0 Å². The van der Waals surface area contributed by atoms with E-state index >= 15 is 0 Å². The van der Waals surface area contributed by atoms with Gasteiger partial charge in [-0.3, -0.25) is 0 Å². The first-order chi connectivity index (χ1) is 9.65. The van der Waals surface area contributed by atoms with Crippen LogP contribution < -0.4 is 24.8 Å². The summed E-state index contributed by atoms with van der Waals surface area (Å²) in [6, 6.07) is 4.33. The quantitative estimate of drug-likeness (QED) is 0.723. The fourth-order valence-electron chi connectivity index (χ4n) is 1.96. The van der Waals surface area contributed by atoms with E-state index in [1.807, 2.05) is 12.1 Å². The van der Waals surface area contributed by atoms with Crippen molar-refractivity contribution in [1.29, 1.82) is 0 Å². The third-order valence-electron chi connectivity index (χ3n) is 3.08. The number of methoxy groups -OCH3 is 3. The predicted molar refractivity (Wildman–Crippen MR) is 80.9 cm³/mol. The molecule has 0 fully saturated rings. The SMILES string of the molecule is CCNCC(C)NCc1cc(OC)c(OC)c(OC)c1. The summed E-state index contributed by atoms with van der Waals surface area (Å²) in [5.41, 5.74) is 1.10. The molecule has 0 heterocycles. The number of hydrogen-bond acceptors (Lipinski definition) is 5. The standard InChI is InChI=1S/C15H26N2O3/c1-6-16-9-11(2)17-10-12-7-13(18-3)15(20-5)14(8-12)19-4/h7-8,11,16-17H,6,9-10H2,1-5H3. The molecule has 0 aliphatic carbocycles. The average molecular weight is 282 g/mol. The number of likely N-dealkylation sites (N-methyl/N-ethyl adjacent to an activating group) is 1. The van der Waals surface area contributed by atoms with Crippen molar-refractivity contribution in [3.8, 4) is 17.2 Å². The Morgan fingerprint density at radius 1 is 1.05 bits per heavy atom. The number of nitrogens with one attached hydrogen (secondary N) is 2. The van der Waals surface area contributed by atoms with Gasteiger partial charge in [-0.2, -0.15) is 0 Å². The minimum absolute atomic E-state index is 0.397. The molecule has 5 nitrogen and oxygen atoms in total. The van der Waals surface area contributed by atoms with Crippen LogP contribution in [0.4, 0.5) is 0 Å². The molecule has 2 N–H and O–H groups in total. The number of ether oxygens (including phenoxy) is 3. The van der Waals surface area contributed by atoms with Crippen LogP contribution in [0.25, 0.3) is 0 Å². The van der Waals surface area contributed by atoms with Gasteiger partial charge < -0.3 is 24.8 Å². The molecule has 0 saturated heterocycles. The van der Waals surface area contributed by atoms with E-state index in [-0.39, 0.29) is 0 Å². The molecule has 0 amide bonds. The van der Waals surface area contributed by atoms with Gasteiger partial charge in [0.1, 0.15) is 0 Å². The van der Waals surface area contributed by atoms with Crippen molar-refractivity contribution in [2.45, 2.75) is 26.4 Å². The summed E-state index contributed by atoms with van der Waals surface area (Å²) in [6.45, 7) is 6.94. The summed E-state index contributed by atoms with van der Waals surface area (Å²) in [7, 11) is 4.86. The van der Waals surface area contributed by atoms with Gasteiger partial charge in [-0.15, -0.1) is 0 Å². The van der Waals surface area contributed by atoms with Gasteiger partial charge in [-0.1, -0.05) is 6.92 Å². The lowest BCUT2D eigenvalue weighted by Crippen LogP contribution is -2.35. The maximum absolute atomic E-state index is 5.35. The van der Waals surface area contributed by atoms with Gasteiger partial charge in [0, 0.05) is 19.1 Å². The van der Waals surface area contributed by atoms with E-state index in [4.69, 9.17) is 14.2 Å². The smallest absolute Gasteiger partial charge is 0.203 e. The van der Waals surface area contributed by atoms with E-state index in [2.05, 4.69) is 24.5 Å². The highest BCUT2D eigenvalue weighted by Crippen LogP contribution is 2.38. The molecule has 1 aromatic carbocycles. The maximum atomic E-state index is 5.35. The topological polar surface area (TPSA) is 51.8 Å². The Bertz CT molecular complexity index is 385. The third kappa shape index (κ3) is 4.58. The first kappa shape index (κ1) is 16.6. The Balaban J connectivity index is 2.75. The van der Waals surface area contributed by atoms with Gasteiger partial charge in [-0.25, -0.2) is 0 Å². The van der Waals surface area contributed by atoms with Crippen molar-refractivity contribution in [2.24, 2.45) is 0 Å². The minimum atomic E-state index is 0.397. The van der Waals surface area contributed by atoms with E-state index < -0.39 is 0 Å². The van der Waals surface area contributed by atoms with Crippen LogP contribution in [0.2, 0.25) is 0 Å². The Hall–Kier alpha value is -1.46. The van der Waals surface area contributed by atoms with E-state index in [0.717, 1.165) is 25.2 Å². The Labute approximate surface area is 121 Å². The first-order valence-corrected chi connectivity index (χ1v) is 6.89. The molecule has 0 aromatic heterocycles. The zero-order valence-corrected chi connectivity index (χ0v) is 13.1. The fraction of sp³-hybridized carbons (Fsp3) is 0.600. The zero-order valence-electron chi connectivity index (χ0n) is 13.1. The normalized spacial score (nSPS) is 12.1. The zero-order chi connectivity index (χ0) is 15.0. The minimum Gasteiger partial charge on any atom is -0.493 e. The maximum Gasteiger partial charge on any atom is 0.203 e. The summed E-state index contributed by atoms with van der Waals surface area (Å²) in [5, 5.41) is 6.78. The van der Waals surface area contributed by atoms with Crippen LogP contribution in [0.3, 0.4) is 0 Å². The summed E-state index contributed by atoms with van der Waals surface area (Å²) in [4.78, 5) is 0. The van der Waals surface area contributed by atoms with Crippen molar-refractivity contribution >= 4 is 0 Å². The molecule has 0 saturated carbocycles. The van der Waals surface area contributed by atoms with Crippen LogP contribution in [-0.4, -0.2) is 40.5 Å². The van der Waals surface area contributed by atoms with E-state index in [1.165, 1.54) is 0 Å². The van der Waals surface area contributed by atoms with Crippen molar-refractivity contribution in [1.82, 2.24) is 10.6 Å². The van der Waals surface area contributed by atoms with Gasteiger partial charge in [-0.05, 0) is 31.2 Å². The first-order valence-electron chi connectivity index (χ1n) is 6.89. The summed E-state index contributed by atoms with van der Waals surface area (Å²) in [5.74, 6) is 1.99. The molecule has 1 rings (SSSR count). The van der Waals surface area contributed by atoms with Crippen LogP contribution in [0.5, 0.6) is 17.2 Å². The molecule has 1 unspecified atom stereocenters. The molecule has 0 aliphatic heterocycles. The molecule has 0 radical (unpaired) electrons. The second kappa shape index (κ2) is 8.66. The molecule has 1 aromatic rings. The number of rotatable bonds is 9. The molecule has 0 spiro atoms. The molecule has 5 heteroatoms. The monoisotopic (exact) mass is 282 g/mol. The summed E-state index contributed by atoms with van der Waals surface area (Å²) in [6.07, 6.45) is 0. The highest BCUT2D eigenvalue weighted by molar-refractivity contribution is 5.53. The van der Waals surface area contributed by atoms with Gasteiger partial charge in [0.25, 0.3) is 0 Å². The lowest BCUT2D eigenvalue weighted by molar-refractivity contribution is 0.323. The average Bonchev–Trinajstić information content (AvgIpc) is 2.49. The van der Waals surface area contributed by atoms with Gasteiger partial charge in [0.2, 0.25) is 5.75 Å². The van der Waals surface area contributed by atoms with Crippen LogP contribution in [0, 0.1) is 0 Å². The lowest BCUT2D eigenvalue weighted by Gasteiger charge is -2.17. The highest BCUT2D eigenvalue weighted by Gasteiger charge is 2.13. The van der Waals surface area contributed by atoms with E-state index in [1.54, 1.807) is 21.3 Å². The second-order valence-electron chi connectivity index (χ2n) is 4.62. The van der Waals surface area contributed by atoms with Crippen LogP contribution in [0.1, 0.15) is 19.4 Å². The molecular weight excluding hydrogens is 256 g/mol. The van der Waals surface area contributed by atoms with Gasteiger partial charge >= 0.3 is 0 Å². The van der Waals surface area contributed by atoms with Crippen LogP contribution in [0.15, 0.2) is 12.1 Å². The fourth-order valence-corrected chi connectivity index (χ4v) is 1.96. The van der Waals surface area contributed by atoms with Crippen LogP contribution in [-0.2, 0) is 6.54 Å². The van der Waals surface area contributed by atoms with E-state index in [9.17, 15) is 0 Å². The summed E-state index contributed by atoms with van der Waals surface area (Å²) >= 11 is 0. The van der Waals surface area contributed by atoms with E-state index in [0.29, 0.717) is 23.3 Å². The Morgan fingerprint density at radius 2 is 1.65 bits per heavy atom. The van der Waals surface area contributed by atoms with Crippen LogP contribution >= 0.6 is 0 Å². The number of benzene rings is 1. The van der Waals surface area contributed by atoms with Crippen molar-refractivity contribution < 1.29 is 14.2 Å². The molecule has 114 valence electrons. The lowest BCUT2D eigenvalue weighted by atomic mass is 10.1. The largest absolute Gasteiger partial charge is 0.493 e. The van der Waals surface area contributed by atoms with Gasteiger partial charge in [0.15, 0.2) is 11.5 Å². The Morgan fingerprint density at radius 3 is 2.10 bits per heavy atom. The predicted octanol–water partition coefficient (Wildman–Crippen LogP) is 1.80. The molecule has 0 aliphatic rings.